The molecule has 0 bridgehead atoms. The van der Waals surface area contributed by atoms with Gasteiger partial charge in [0.15, 0.2) is 5.78 Å². The maximum Gasteiger partial charge on any atom is 0.239 e. The molecule has 6 nitrogen and oxygen atoms in total. The van der Waals surface area contributed by atoms with E-state index in [0.717, 1.165) is 28.2 Å². The van der Waals surface area contributed by atoms with Crippen LogP contribution in [-0.4, -0.2) is 25.3 Å². The summed E-state index contributed by atoms with van der Waals surface area (Å²) in [6.07, 6.45) is 1.09. The number of hydrogen-bond acceptors (Lipinski definition) is 5. The molecule has 2 N–H and O–H groups in total. The van der Waals surface area contributed by atoms with Crippen LogP contribution in [0.4, 0.5) is 11.4 Å². The number of rotatable bonds is 6. The van der Waals surface area contributed by atoms with E-state index in [2.05, 4.69) is 24.5 Å². The normalized spacial score (nSPS) is 18.0. The number of ketones is 1. The summed E-state index contributed by atoms with van der Waals surface area (Å²) < 4.78 is 5.44. The fourth-order valence-electron chi connectivity index (χ4n) is 5.53. The molecule has 1 atom stereocenters. The van der Waals surface area contributed by atoms with E-state index in [1.807, 2.05) is 59.5 Å². The fourth-order valence-corrected chi connectivity index (χ4v) is 6.04. The van der Waals surface area contributed by atoms with Crippen LogP contribution in [0.5, 0.6) is 5.75 Å². The minimum absolute atomic E-state index is 0.00488. The van der Waals surface area contributed by atoms with Crippen LogP contribution in [0.15, 0.2) is 78.0 Å². The van der Waals surface area contributed by atoms with Crippen molar-refractivity contribution in [2.75, 3.05) is 23.9 Å². The quantitative estimate of drug-likeness (QED) is 0.340. The van der Waals surface area contributed by atoms with Crippen LogP contribution >= 0.6 is 23.2 Å². The van der Waals surface area contributed by atoms with Gasteiger partial charge in [0.25, 0.3) is 0 Å². The number of halogens is 2. The average Bonchev–Trinajstić information content (AvgIpc) is 3.01. The van der Waals surface area contributed by atoms with Crippen molar-refractivity contribution in [1.82, 2.24) is 5.32 Å². The summed E-state index contributed by atoms with van der Waals surface area (Å²) in [7, 11) is 1.61. The van der Waals surface area contributed by atoms with E-state index in [1.165, 1.54) is 0 Å². The number of carbonyl (C=O) groups is 2. The van der Waals surface area contributed by atoms with Crippen LogP contribution in [0.25, 0.3) is 0 Å². The third-order valence-corrected chi connectivity index (χ3v) is 7.81. The summed E-state index contributed by atoms with van der Waals surface area (Å²) >= 11 is 13.0. The number of amides is 1. The number of nitrogens with one attached hydrogen (secondary N) is 2. The second-order valence-electron chi connectivity index (χ2n) is 10.8. The standard InChI is InChI=1S/C31H31Cl2N3O3/c1-31(2)15-24-29(26(37)16-31)30(21-13-12-20(32)14-22(21)33)36(25-10-6-5-9-23(25)35-24)18-28(38)34-17-19-8-4-7-11-27(19)39-3/h4-14,30,35H,15-18H2,1-3H3,(H,34,38). The molecule has 1 heterocycles. The van der Waals surface area contributed by atoms with Crippen molar-refractivity contribution < 1.29 is 14.3 Å². The van der Waals surface area contributed by atoms with E-state index in [-0.39, 0.29) is 23.7 Å². The second kappa shape index (κ2) is 10.9. The zero-order valence-corrected chi connectivity index (χ0v) is 23.7. The molecule has 39 heavy (non-hydrogen) atoms. The average molecular weight is 565 g/mol. The highest BCUT2D eigenvalue weighted by atomic mass is 35.5. The van der Waals surface area contributed by atoms with Gasteiger partial charge in [0.05, 0.1) is 31.1 Å². The van der Waals surface area contributed by atoms with Crippen molar-refractivity contribution in [2.45, 2.75) is 39.3 Å². The number of Topliss-reactive ketones (excluding diaryl/α,β-unsaturated/α-hetero) is 1. The van der Waals surface area contributed by atoms with E-state index < -0.39 is 6.04 Å². The van der Waals surface area contributed by atoms with Gasteiger partial charge >= 0.3 is 0 Å². The first-order valence-electron chi connectivity index (χ1n) is 12.9. The predicted molar refractivity (Wildman–Crippen MR) is 157 cm³/mol. The Morgan fingerprint density at radius 1 is 1.08 bits per heavy atom. The molecule has 0 saturated carbocycles. The van der Waals surface area contributed by atoms with Crippen LogP contribution in [0.3, 0.4) is 0 Å². The molecule has 1 aliphatic heterocycles. The first-order chi connectivity index (χ1) is 18.7. The number of ether oxygens (including phenoxy) is 1. The lowest BCUT2D eigenvalue weighted by atomic mass is 9.73. The zero-order chi connectivity index (χ0) is 27.7. The Balaban J connectivity index is 1.59. The Labute approximate surface area is 238 Å². The molecule has 1 aliphatic carbocycles. The Kier molecular flexibility index (Phi) is 7.61. The monoisotopic (exact) mass is 563 g/mol. The minimum atomic E-state index is -0.582. The third-order valence-electron chi connectivity index (χ3n) is 7.24. The summed E-state index contributed by atoms with van der Waals surface area (Å²) in [6.45, 7) is 4.51. The van der Waals surface area contributed by atoms with E-state index in [9.17, 15) is 9.59 Å². The molecule has 0 fully saturated rings. The van der Waals surface area contributed by atoms with Crippen molar-refractivity contribution >= 4 is 46.3 Å². The highest BCUT2D eigenvalue weighted by Crippen LogP contribution is 2.49. The molecule has 2 aliphatic rings. The minimum Gasteiger partial charge on any atom is -0.496 e. The molecule has 202 valence electrons. The fraction of sp³-hybridized carbons (Fsp3) is 0.290. The van der Waals surface area contributed by atoms with E-state index in [1.54, 1.807) is 19.2 Å². The van der Waals surface area contributed by atoms with Crippen molar-refractivity contribution in [3.63, 3.8) is 0 Å². The van der Waals surface area contributed by atoms with Gasteiger partial charge in [-0.3, -0.25) is 9.59 Å². The van der Waals surface area contributed by atoms with E-state index >= 15 is 0 Å². The summed E-state index contributed by atoms with van der Waals surface area (Å²) in [5.74, 6) is 0.550. The van der Waals surface area contributed by atoms with E-state index in [0.29, 0.717) is 40.8 Å². The Morgan fingerprint density at radius 2 is 1.82 bits per heavy atom. The molecular formula is C31H31Cl2N3O3. The summed E-state index contributed by atoms with van der Waals surface area (Å²) in [6, 6.07) is 20.1. The number of para-hydroxylation sites is 3. The van der Waals surface area contributed by atoms with Crippen LogP contribution in [-0.2, 0) is 16.1 Å². The molecule has 0 spiro atoms. The highest BCUT2D eigenvalue weighted by molar-refractivity contribution is 6.35. The van der Waals surface area contributed by atoms with Crippen molar-refractivity contribution in [1.29, 1.82) is 0 Å². The summed E-state index contributed by atoms with van der Waals surface area (Å²) in [5.41, 5.74) is 4.52. The van der Waals surface area contributed by atoms with Gasteiger partial charge in [-0.15, -0.1) is 0 Å². The lowest BCUT2D eigenvalue weighted by Crippen LogP contribution is -2.42. The third kappa shape index (κ3) is 5.63. The molecule has 0 aromatic heterocycles. The van der Waals surface area contributed by atoms with Crippen LogP contribution in [0.2, 0.25) is 10.0 Å². The van der Waals surface area contributed by atoms with Crippen molar-refractivity contribution in [3.05, 3.63) is 99.2 Å². The number of fused-ring (bicyclic) bond motifs is 1. The summed E-state index contributed by atoms with van der Waals surface area (Å²) in [4.78, 5) is 29.3. The largest absolute Gasteiger partial charge is 0.496 e. The molecule has 8 heteroatoms. The van der Waals surface area contributed by atoms with Gasteiger partial charge in [-0.1, -0.05) is 73.4 Å². The molecular weight excluding hydrogens is 533 g/mol. The van der Waals surface area contributed by atoms with Crippen LogP contribution < -0.4 is 20.3 Å². The highest BCUT2D eigenvalue weighted by Gasteiger charge is 2.42. The maximum atomic E-state index is 13.8. The number of allylic oxidation sites excluding steroid dienone is 1. The Bertz CT molecular complexity index is 1470. The maximum absolute atomic E-state index is 13.8. The molecule has 0 radical (unpaired) electrons. The first-order valence-corrected chi connectivity index (χ1v) is 13.6. The number of methoxy groups -OCH3 is 1. The van der Waals surface area contributed by atoms with Crippen LogP contribution in [0, 0.1) is 5.41 Å². The number of hydrogen-bond donors (Lipinski definition) is 2. The zero-order valence-electron chi connectivity index (χ0n) is 22.2. The topological polar surface area (TPSA) is 70.7 Å². The molecule has 3 aromatic carbocycles. The predicted octanol–water partition coefficient (Wildman–Crippen LogP) is 6.93. The Hall–Kier alpha value is -3.48. The summed E-state index contributed by atoms with van der Waals surface area (Å²) in [5, 5.41) is 7.52. The van der Waals surface area contributed by atoms with E-state index in [4.69, 9.17) is 27.9 Å². The van der Waals surface area contributed by atoms with Gasteiger partial charge < -0.3 is 20.3 Å². The van der Waals surface area contributed by atoms with Gasteiger partial charge in [-0.2, -0.15) is 0 Å². The van der Waals surface area contributed by atoms with Gasteiger partial charge in [0.1, 0.15) is 5.75 Å². The van der Waals surface area contributed by atoms with Gasteiger partial charge in [0, 0.05) is 39.8 Å². The van der Waals surface area contributed by atoms with Crippen molar-refractivity contribution in [3.8, 4) is 5.75 Å². The first kappa shape index (κ1) is 27.1. The van der Waals surface area contributed by atoms with Gasteiger partial charge in [-0.05, 0) is 47.7 Å². The van der Waals surface area contributed by atoms with Crippen molar-refractivity contribution in [2.24, 2.45) is 5.41 Å². The number of anilines is 2. The number of nitrogens with zero attached hydrogens (tertiary/aromatic N) is 1. The Morgan fingerprint density at radius 3 is 2.59 bits per heavy atom. The molecule has 3 aromatic rings. The lowest BCUT2D eigenvalue weighted by Gasteiger charge is -2.38. The molecule has 1 unspecified atom stereocenters. The van der Waals surface area contributed by atoms with Gasteiger partial charge in [0.2, 0.25) is 5.91 Å². The van der Waals surface area contributed by atoms with Crippen LogP contribution in [0.1, 0.15) is 43.9 Å². The molecule has 1 amide bonds. The van der Waals surface area contributed by atoms with Gasteiger partial charge in [-0.25, -0.2) is 0 Å². The molecule has 0 saturated heterocycles. The lowest BCUT2D eigenvalue weighted by molar-refractivity contribution is -0.120. The number of carbonyl (C=O) groups excluding carboxylic acids is 2. The number of benzene rings is 3. The molecule has 5 rings (SSSR count). The SMILES string of the molecule is COc1ccccc1CNC(=O)CN1c2ccccc2NC2=C(C(=O)CC(C)(C)C2)C1c1ccc(Cl)cc1Cl. The smallest absolute Gasteiger partial charge is 0.239 e. The second-order valence-corrected chi connectivity index (χ2v) is 11.6.